The second kappa shape index (κ2) is 3.54. The molecule has 76 valence electrons. The smallest absolute Gasteiger partial charge is 0.0286 e. The number of rotatable bonds is 0. The van der Waals surface area contributed by atoms with E-state index in [2.05, 4.69) is 54.3 Å². The molecular formula is C16H12. The SMILES string of the molecule is CC#Cc1cccc2c1Cc1ccccc1-2. The van der Waals surface area contributed by atoms with E-state index in [1.807, 2.05) is 6.92 Å². The van der Waals surface area contributed by atoms with Crippen LogP contribution in [0.1, 0.15) is 23.6 Å². The maximum atomic E-state index is 3.19. The van der Waals surface area contributed by atoms with E-state index >= 15 is 0 Å². The summed E-state index contributed by atoms with van der Waals surface area (Å²) in [6.07, 6.45) is 1.02. The predicted octanol–water partition coefficient (Wildman–Crippen LogP) is 3.63. The Balaban J connectivity index is 2.26. The summed E-state index contributed by atoms with van der Waals surface area (Å²) >= 11 is 0. The largest absolute Gasteiger partial charge is 0.101 e. The zero-order valence-electron chi connectivity index (χ0n) is 9.25. The quantitative estimate of drug-likeness (QED) is 0.490. The van der Waals surface area contributed by atoms with Crippen molar-refractivity contribution in [3.8, 4) is 23.0 Å². The zero-order chi connectivity index (χ0) is 11.0. The van der Waals surface area contributed by atoms with Crippen LogP contribution in [0.5, 0.6) is 0 Å². The number of fused-ring (bicyclic) bond motifs is 3. The van der Waals surface area contributed by atoms with Gasteiger partial charge in [-0.25, -0.2) is 0 Å². The van der Waals surface area contributed by atoms with Crippen molar-refractivity contribution in [3.05, 3.63) is 59.2 Å². The average Bonchev–Trinajstić information content (AvgIpc) is 2.69. The molecule has 0 unspecified atom stereocenters. The van der Waals surface area contributed by atoms with Gasteiger partial charge in [0.2, 0.25) is 0 Å². The zero-order valence-corrected chi connectivity index (χ0v) is 9.25. The lowest BCUT2D eigenvalue weighted by Gasteiger charge is -2.01. The Morgan fingerprint density at radius 3 is 2.62 bits per heavy atom. The first kappa shape index (κ1) is 9.24. The van der Waals surface area contributed by atoms with Gasteiger partial charge in [-0.2, -0.15) is 0 Å². The van der Waals surface area contributed by atoms with Crippen LogP contribution in [-0.4, -0.2) is 0 Å². The third-order valence-electron chi connectivity index (χ3n) is 3.11. The van der Waals surface area contributed by atoms with E-state index in [-0.39, 0.29) is 0 Å². The molecule has 0 nitrogen and oxygen atoms in total. The summed E-state index contributed by atoms with van der Waals surface area (Å²) in [6.45, 7) is 1.89. The highest BCUT2D eigenvalue weighted by atomic mass is 14.2. The van der Waals surface area contributed by atoms with Gasteiger partial charge in [0.1, 0.15) is 0 Å². The van der Waals surface area contributed by atoms with Crippen molar-refractivity contribution in [2.75, 3.05) is 0 Å². The lowest BCUT2D eigenvalue weighted by Crippen LogP contribution is -1.86. The minimum atomic E-state index is 1.02. The fourth-order valence-electron chi connectivity index (χ4n) is 2.41. The van der Waals surface area contributed by atoms with Crippen molar-refractivity contribution < 1.29 is 0 Å². The maximum Gasteiger partial charge on any atom is 0.0286 e. The summed E-state index contributed by atoms with van der Waals surface area (Å²) in [6, 6.07) is 15.0. The van der Waals surface area contributed by atoms with Gasteiger partial charge >= 0.3 is 0 Å². The molecule has 0 radical (unpaired) electrons. The van der Waals surface area contributed by atoms with Gasteiger partial charge < -0.3 is 0 Å². The molecule has 2 aromatic carbocycles. The van der Waals surface area contributed by atoms with Gasteiger partial charge in [-0.15, -0.1) is 5.92 Å². The third kappa shape index (κ3) is 1.26. The van der Waals surface area contributed by atoms with Gasteiger partial charge in [-0.1, -0.05) is 42.3 Å². The predicted molar refractivity (Wildman–Crippen MR) is 67.2 cm³/mol. The van der Waals surface area contributed by atoms with Crippen LogP contribution in [0.4, 0.5) is 0 Å². The first-order valence-corrected chi connectivity index (χ1v) is 5.53. The first-order chi connectivity index (χ1) is 7.90. The van der Waals surface area contributed by atoms with Crippen molar-refractivity contribution in [1.82, 2.24) is 0 Å². The van der Waals surface area contributed by atoms with Crippen LogP contribution in [0.3, 0.4) is 0 Å². The molecule has 0 saturated heterocycles. The minimum absolute atomic E-state index is 1.02. The summed E-state index contributed by atoms with van der Waals surface area (Å²) in [4.78, 5) is 0. The van der Waals surface area contributed by atoms with Crippen molar-refractivity contribution in [2.45, 2.75) is 13.3 Å². The molecule has 16 heavy (non-hydrogen) atoms. The van der Waals surface area contributed by atoms with Gasteiger partial charge in [0.05, 0.1) is 0 Å². The van der Waals surface area contributed by atoms with Gasteiger partial charge in [0.15, 0.2) is 0 Å². The Bertz CT molecular complexity index is 609. The topological polar surface area (TPSA) is 0 Å². The maximum absolute atomic E-state index is 3.19. The number of hydrogen-bond donors (Lipinski definition) is 0. The number of hydrogen-bond acceptors (Lipinski definition) is 0. The molecule has 0 amide bonds. The molecule has 0 saturated carbocycles. The van der Waals surface area contributed by atoms with Crippen LogP contribution >= 0.6 is 0 Å². The van der Waals surface area contributed by atoms with Crippen molar-refractivity contribution >= 4 is 0 Å². The van der Waals surface area contributed by atoms with E-state index < -0.39 is 0 Å². The molecule has 3 rings (SSSR count). The highest BCUT2D eigenvalue weighted by molar-refractivity contribution is 5.79. The molecule has 0 heterocycles. The summed E-state index contributed by atoms with van der Waals surface area (Å²) in [5, 5.41) is 0. The van der Waals surface area contributed by atoms with E-state index in [9.17, 15) is 0 Å². The van der Waals surface area contributed by atoms with E-state index in [1.165, 1.54) is 27.8 Å². The molecule has 0 bridgehead atoms. The molecule has 2 aromatic rings. The molecular weight excluding hydrogens is 192 g/mol. The fourth-order valence-corrected chi connectivity index (χ4v) is 2.41. The molecule has 0 spiro atoms. The van der Waals surface area contributed by atoms with Crippen LogP contribution in [0.25, 0.3) is 11.1 Å². The minimum Gasteiger partial charge on any atom is -0.101 e. The summed E-state index contributed by atoms with van der Waals surface area (Å²) in [7, 11) is 0. The molecule has 0 N–H and O–H groups in total. The molecule has 0 heteroatoms. The van der Waals surface area contributed by atoms with Crippen LogP contribution in [0, 0.1) is 11.8 Å². The number of benzene rings is 2. The Morgan fingerprint density at radius 1 is 0.938 bits per heavy atom. The van der Waals surface area contributed by atoms with Gasteiger partial charge in [0, 0.05) is 5.56 Å². The second-order valence-corrected chi connectivity index (χ2v) is 4.04. The van der Waals surface area contributed by atoms with E-state index in [4.69, 9.17) is 0 Å². The fraction of sp³-hybridized carbons (Fsp3) is 0.125. The van der Waals surface area contributed by atoms with Crippen molar-refractivity contribution in [3.63, 3.8) is 0 Å². The molecule has 1 aliphatic rings. The third-order valence-corrected chi connectivity index (χ3v) is 3.11. The van der Waals surface area contributed by atoms with Gasteiger partial charge in [0.25, 0.3) is 0 Å². The summed E-state index contributed by atoms with van der Waals surface area (Å²) < 4.78 is 0. The molecule has 0 atom stereocenters. The van der Waals surface area contributed by atoms with Crippen LogP contribution < -0.4 is 0 Å². The standard InChI is InChI=1S/C16H12/c1-2-6-12-8-5-10-15-14-9-4-3-7-13(14)11-16(12)15/h3-5,7-10H,11H2,1H3. The van der Waals surface area contributed by atoms with Crippen LogP contribution in [0.2, 0.25) is 0 Å². The monoisotopic (exact) mass is 204 g/mol. The van der Waals surface area contributed by atoms with Crippen molar-refractivity contribution in [1.29, 1.82) is 0 Å². The van der Waals surface area contributed by atoms with E-state index in [1.54, 1.807) is 0 Å². The normalized spacial score (nSPS) is 11.3. The van der Waals surface area contributed by atoms with Crippen LogP contribution in [-0.2, 0) is 6.42 Å². The lowest BCUT2D eigenvalue weighted by atomic mass is 10.0. The Morgan fingerprint density at radius 2 is 1.75 bits per heavy atom. The van der Waals surface area contributed by atoms with Gasteiger partial charge in [-0.05, 0) is 41.7 Å². The van der Waals surface area contributed by atoms with Crippen molar-refractivity contribution in [2.24, 2.45) is 0 Å². The Kier molecular flexibility index (Phi) is 2.04. The Labute approximate surface area is 95.9 Å². The summed E-state index contributed by atoms with van der Waals surface area (Å²) in [5.41, 5.74) is 6.71. The molecule has 0 aromatic heterocycles. The molecule has 0 aliphatic heterocycles. The Hall–Kier alpha value is -2.00. The lowest BCUT2D eigenvalue weighted by molar-refractivity contribution is 1.25. The van der Waals surface area contributed by atoms with Crippen LogP contribution in [0.15, 0.2) is 42.5 Å². The molecule has 0 fully saturated rings. The first-order valence-electron chi connectivity index (χ1n) is 5.53. The average molecular weight is 204 g/mol. The van der Waals surface area contributed by atoms with E-state index in [0.29, 0.717) is 0 Å². The van der Waals surface area contributed by atoms with Gasteiger partial charge in [-0.3, -0.25) is 0 Å². The second-order valence-electron chi connectivity index (χ2n) is 4.04. The molecule has 1 aliphatic carbocycles. The summed E-state index contributed by atoms with van der Waals surface area (Å²) in [5.74, 6) is 6.18. The highest BCUT2D eigenvalue weighted by Crippen LogP contribution is 2.37. The van der Waals surface area contributed by atoms with E-state index in [0.717, 1.165) is 6.42 Å². The highest BCUT2D eigenvalue weighted by Gasteiger charge is 2.19.